The number of hydrogen-bond donors (Lipinski definition) is 0. The molecule has 0 atom stereocenters. The quantitative estimate of drug-likeness (QED) is 0.758. The van der Waals surface area contributed by atoms with E-state index in [4.69, 9.17) is 0 Å². The Morgan fingerprint density at radius 3 is 1.79 bits per heavy atom. The van der Waals surface area contributed by atoms with Crippen LogP contribution in [-0.4, -0.2) is 13.7 Å². The molecule has 0 N–H and O–H groups in total. The van der Waals surface area contributed by atoms with Crippen molar-refractivity contribution in [3.8, 4) is 0 Å². The average molecular weight is 214 g/mol. The van der Waals surface area contributed by atoms with Gasteiger partial charge in [0, 0.05) is 0 Å². The third kappa shape index (κ3) is 3.14. The first-order valence-corrected chi connectivity index (χ1v) is 6.38. The van der Waals surface area contributed by atoms with Crippen molar-refractivity contribution in [3.63, 3.8) is 0 Å². The number of rotatable bonds is 2. The van der Waals surface area contributed by atoms with Gasteiger partial charge in [-0.2, -0.15) is 0 Å². The van der Waals surface area contributed by atoms with Gasteiger partial charge in [0.2, 0.25) is 0 Å². The van der Waals surface area contributed by atoms with Crippen LogP contribution in [0.25, 0.3) is 0 Å². The van der Waals surface area contributed by atoms with Crippen LogP contribution in [0, 0.1) is 0 Å². The largest absolute Gasteiger partial charge is 0.223 e. The lowest BCUT2D eigenvalue weighted by atomic mass is 10.4. The first kappa shape index (κ1) is 13.2. The molecule has 1 rings (SSSR count). The smallest absolute Gasteiger partial charge is 0.180 e. The summed E-state index contributed by atoms with van der Waals surface area (Å²) in [5, 5.41) is -0.347. The van der Waals surface area contributed by atoms with E-state index in [1.807, 2.05) is 13.8 Å². The Bertz CT molecular complexity index is 339. The molecular weight excluding hydrogens is 196 g/mol. The van der Waals surface area contributed by atoms with Gasteiger partial charge in [-0.25, -0.2) is 8.42 Å². The standard InChI is InChI=1S/C9H12O2S.C2H6/c1-8(2)12(10,11)9-6-4-3-5-7-9;1-2/h3-8H,1-2H3;1-2H3. The molecule has 0 aliphatic carbocycles. The number of benzene rings is 1. The van der Waals surface area contributed by atoms with Crippen LogP contribution in [0.15, 0.2) is 35.2 Å². The van der Waals surface area contributed by atoms with Gasteiger partial charge in [0.1, 0.15) is 0 Å². The highest BCUT2D eigenvalue weighted by Crippen LogP contribution is 2.14. The summed E-state index contributed by atoms with van der Waals surface area (Å²) >= 11 is 0. The third-order valence-electron chi connectivity index (χ3n) is 1.69. The van der Waals surface area contributed by atoms with Crippen molar-refractivity contribution in [2.45, 2.75) is 37.8 Å². The van der Waals surface area contributed by atoms with E-state index in [1.54, 1.807) is 44.2 Å². The Morgan fingerprint density at radius 1 is 1.00 bits per heavy atom. The maximum Gasteiger partial charge on any atom is 0.180 e. The highest BCUT2D eigenvalue weighted by atomic mass is 32.2. The summed E-state index contributed by atoms with van der Waals surface area (Å²) < 4.78 is 23.1. The molecule has 0 aromatic heterocycles. The summed E-state index contributed by atoms with van der Waals surface area (Å²) in [7, 11) is -3.08. The maximum atomic E-state index is 11.5. The molecule has 1 aromatic carbocycles. The van der Waals surface area contributed by atoms with Crippen molar-refractivity contribution in [3.05, 3.63) is 30.3 Å². The molecule has 0 aliphatic rings. The van der Waals surface area contributed by atoms with E-state index in [0.717, 1.165) is 0 Å². The van der Waals surface area contributed by atoms with E-state index < -0.39 is 9.84 Å². The molecule has 0 unspecified atom stereocenters. The Hall–Kier alpha value is -0.830. The zero-order chi connectivity index (χ0) is 11.2. The van der Waals surface area contributed by atoms with E-state index in [1.165, 1.54) is 0 Å². The fraction of sp³-hybridized carbons (Fsp3) is 0.455. The van der Waals surface area contributed by atoms with Gasteiger partial charge in [-0.15, -0.1) is 0 Å². The second-order valence-electron chi connectivity index (χ2n) is 2.91. The molecule has 0 saturated carbocycles. The molecule has 14 heavy (non-hydrogen) atoms. The van der Waals surface area contributed by atoms with Crippen LogP contribution in [0.4, 0.5) is 0 Å². The minimum atomic E-state index is -3.08. The number of hydrogen-bond acceptors (Lipinski definition) is 2. The van der Waals surface area contributed by atoms with E-state index >= 15 is 0 Å². The van der Waals surface area contributed by atoms with Gasteiger partial charge in [-0.3, -0.25) is 0 Å². The highest BCUT2D eigenvalue weighted by Gasteiger charge is 2.17. The van der Waals surface area contributed by atoms with Gasteiger partial charge in [0.05, 0.1) is 10.1 Å². The predicted octanol–water partition coefficient (Wildman–Crippen LogP) is 2.89. The van der Waals surface area contributed by atoms with E-state index in [9.17, 15) is 8.42 Å². The Kier molecular flexibility index (Phi) is 5.46. The van der Waals surface area contributed by atoms with Crippen LogP contribution in [-0.2, 0) is 9.84 Å². The summed E-state index contributed by atoms with van der Waals surface area (Å²) in [5.74, 6) is 0. The van der Waals surface area contributed by atoms with Gasteiger partial charge in [-0.05, 0) is 26.0 Å². The third-order valence-corrected chi connectivity index (χ3v) is 3.86. The second-order valence-corrected chi connectivity index (χ2v) is 5.41. The maximum absolute atomic E-state index is 11.5. The van der Waals surface area contributed by atoms with E-state index in [-0.39, 0.29) is 5.25 Å². The molecule has 0 saturated heterocycles. The molecule has 0 aliphatic heterocycles. The zero-order valence-electron chi connectivity index (χ0n) is 9.19. The molecule has 80 valence electrons. The minimum absolute atomic E-state index is 0.347. The minimum Gasteiger partial charge on any atom is -0.223 e. The topological polar surface area (TPSA) is 34.1 Å². The van der Waals surface area contributed by atoms with Crippen molar-refractivity contribution in [2.24, 2.45) is 0 Å². The van der Waals surface area contributed by atoms with Gasteiger partial charge in [0.25, 0.3) is 0 Å². The molecule has 0 bridgehead atoms. The summed E-state index contributed by atoms with van der Waals surface area (Å²) in [6.45, 7) is 7.37. The molecule has 0 amide bonds. The summed E-state index contributed by atoms with van der Waals surface area (Å²) in [5.41, 5.74) is 0. The van der Waals surface area contributed by atoms with Gasteiger partial charge >= 0.3 is 0 Å². The van der Waals surface area contributed by atoms with E-state index in [2.05, 4.69) is 0 Å². The lowest BCUT2D eigenvalue weighted by Gasteiger charge is -2.06. The fourth-order valence-corrected chi connectivity index (χ4v) is 1.96. The lowest BCUT2D eigenvalue weighted by molar-refractivity contribution is 0.587. The van der Waals surface area contributed by atoms with Crippen LogP contribution in [0.3, 0.4) is 0 Å². The summed E-state index contributed by atoms with van der Waals surface area (Å²) in [6.07, 6.45) is 0. The molecule has 3 heteroatoms. The monoisotopic (exact) mass is 214 g/mol. The van der Waals surface area contributed by atoms with E-state index in [0.29, 0.717) is 4.90 Å². The van der Waals surface area contributed by atoms with Crippen molar-refractivity contribution in [2.75, 3.05) is 0 Å². The van der Waals surface area contributed by atoms with Crippen LogP contribution in [0.5, 0.6) is 0 Å². The predicted molar refractivity (Wildman–Crippen MR) is 60.1 cm³/mol. The summed E-state index contributed by atoms with van der Waals surface area (Å²) in [4.78, 5) is 0.403. The molecular formula is C11H18O2S. The highest BCUT2D eigenvalue weighted by molar-refractivity contribution is 7.92. The molecule has 0 fully saturated rings. The first-order valence-electron chi connectivity index (χ1n) is 4.84. The van der Waals surface area contributed by atoms with Crippen molar-refractivity contribution in [1.82, 2.24) is 0 Å². The van der Waals surface area contributed by atoms with Crippen LogP contribution >= 0.6 is 0 Å². The average Bonchev–Trinajstić information content (AvgIpc) is 2.22. The molecule has 0 spiro atoms. The Morgan fingerprint density at radius 2 is 1.43 bits per heavy atom. The Balaban J connectivity index is 0.000000791. The molecule has 0 heterocycles. The lowest BCUT2D eigenvalue weighted by Crippen LogP contribution is -2.13. The van der Waals surface area contributed by atoms with Crippen molar-refractivity contribution in [1.29, 1.82) is 0 Å². The Labute approximate surface area is 86.9 Å². The van der Waals surface area contributed by atoms with Crippen molar-refractivity contribution >= 4 is 9.84 Å². The fourth-order valence-electron chi connectivity index (χ4n) is 0.882. The van der Waals surface area contributed by atoms with Crippen molar-refractivity contribution < 1.29 is 8.42 Å². The second kappa shape index (κ2) is 5.81. The van der Waals surface area contributed by atoms with Crippen LogP contribution in [0.1, 0.15) is 27.7 Å². The SMILES string of the molecule is CC.CC(C)S(=O)(=O)c1ccccc1. The van der Waals surface area contributed by atoms with Crippen LogP contribution < -0.4 is 0 Å². The summed E-state index contributed by atoms with van der Waals surface area (Å²) in [6, 6.07) is 8.51. The molecule has 2 nitrogen and oxygen atoms in total. The first-order chi connectivity index (χ1) is 6.55. The number of sulfone groups is 1. The van der Waals surface area contributed by atoms with Gasteiger partial charge in [-0.1, -0.05) is 32.0 Å². The normalized spacial score (nSPS) is 10.6. The van der Waals surface area contributed by atoms with Crippen LogP contribution in [0.2, 0.25) is 0 Å². The molecule has 1 aromatic rings. The van der Waals surface area contributed by atoms with Gasteiger partial charge < -0.3 is 0 Å². The molecule has 0 radical (unpaired) electrons. The van der Waals surface area contributed by atoms with Gasteiger partial charge in [0.15, 0.2) is 9.84 Å². The zero-order valence-corrected chi connectivity index (χ0v) is 10.0.